The van der Waals surface area contributed by atoms with Crippen molar-refractivity contribution in [2.75, 3.05) is 17.8 Å². The zero-order valence-electron chi connectivity index (χ0n) is 12.0. The van der Waals surface area contributed by atoms with Crippen molar-refractivity contribution in [1.82, 2.24) is 4.98 Å². The van der Waals surface area contributed by atoms with Gasteiger partial charge in [0.1, 0.15) is 5.03 Å². The van der Waals surface area contributed by atoms with Crippen LogP contribution in [0.4, 0.5) is 5.69 Å². The van der Waals surface area contributed by atoms with E-state index in [-0.39, 0.29) is 11.9 Å². The molecule has 0 radical (unpaired) electrons. The molecule has 0 saturated carbocycles. The highest BCUT2D eigenvalue weighted by Crippen LogP contribution is 2.33. The molecule has 112 valence electrons. The van der Waals surface area contributed by atoms with E-state index in [1.54, 1.807) is 23.2 Å². The summed E-state index contributed by atoms with van der Waals surface area (Å²) in [7, 11) is 1.35. The van der Waals surface area contributed by atoms with Crippen molar-refractivity contribution in [3.8, 4) is 0 Å². The van der Waals surface area contributed by atoms with Gasteiger partial charge in [-0.15, -0.1) is 0 Å². The average Bonchev–Trinajstić information content (AvgIpc) is 2.57. The van der Waals surface area contributed by atoms with Gasteiger partial charge in [0.05, 0.1) is 30.7 Å². The lowest BCUT2D eigenvalue weighted by molar-refractivity contribution is -0.116. The van der Waals surface area contributed by atoms with Crippen LogP contribution in [0.25, 0.3) is 0 Å². The first kappa shape index (κ1) is 14.6. The molecule has 5 nitrogen and oxygen atoms in total. The monoisotopic (exact) mass is 314 g/mol. The van der Waals surface area contributed by atoms with Gasteiger partial charge in [0.2, 0.25) is 5.91 Å². The summed E-state index contributed by atoms with van der Waals surface area (Å²) < 4.78 is 4.68. The number of nitrogens with zero attached hydrogens (tertiary/aromatic N) is 2. The van der Waals surface area contributed by atoms with Crippen molar-refractivity contribution in [2.24, 2.45) is 0 Å². The minimum atomic E-state index is -0.369. The summed E-state index contributed by atoms with van der Waals surface area (Å²) >= 11 is 1.46. The molecule has 0 atom stereocenters. The van der Waals surface area contributed by atoms with Gasteiger partial charge in [-0.1, -0.05) is 23.9 Å². The Morgan fingerprint density at radius 2 is 2.09 bits per heavy atom. The molecule has 0 saturated heterocycles. The van der Waals surface area contributed by atoms with E-state index in [4.69, 9.17) is 0 Å². The minimum absolute atomic E-state index is 0.0579. The maximum atomic E-state index is 12.2. The second-order valence-electron chi connectivity index (χ2n) is 4.78. The van der Waals surface area contributed by atoms with Gasteiger partial charge in [-0.25, -0.2) is 9.78 Å². The molecule has 0 aliphatic carbocycles. The predicted octanol–water partition coefficient (Wildman–Crippen LogP) is 2.51. The molecular formula is C16H14N2O3S. The molecule has 2 heterocycles. The molecular weight excluding hydrogens is 300 g/mol. The number of benzene rings is 1. The van der Waals surface area contributed by atoms with Crippen LogP contribution < -0.4 is 4.90 Å². The number of methoxy groups -OCH3 is 1. The molecule has 0 spiro atoms. The van der Waals surface area contributed by atoms with E-state index in [0.717, 1.165) is 16.3 Å². The highest BCUT2D eigenvalue weighted by Gasteiger charge is 2.25. The van der Waals surface area contributed by atoms with Gasteiger partial charge in [0.15, 0.2) is 0 Å². The number of esters is 1. The number of carbonyl (C=O) groups is 2. The van der Waals surface area contributed by atoms with Crippen LogP contribution in [-0.4, -0.2) is 29.7 Å². The maximum absolute atomic E-state index is 12.2. The van der Waals surface area contributed by atoms with E-state index < -0.39 is 0 Å². The van der Waals surface area contributed by atoms with E-state index in [1.807, 2.05) is 24.3 Å². The minimum Gasteiger partial charge on any atom is -0.465 e. The van der Waals surface area contributed by atoms with Gasteiger partial charge >= 0.3 is 5.97 Å². The Hall–Kier alpha value is -2.34. The third-order valence-electron chi connectivity index (χ3n) is 3.39. The molecule has 1 aliphatic heterocycles. The van der Waals surface area contributed by atoms with Gasteiger partial charge in [0.25, 0.3) is 0 Å². The molecule has 0 unspecified atom stereocenters. The number of carbonyl (C=O) groups excluding carboxylic acids is 2. The van der Waals surface area contributed by atoms with E-state index in [9.17, 15) is 9.59 Å². The first-order valence-corrected chi connectivity index (χ1v) is 7.73. The second-order valence-corrected chi connectivity index (χ2v) is 5.75. The van der Waals surface area contributed by atoms with Crippen LogP contribution in [-0.2, 0) is 16.1 Å². The number of aromatic nitrogens is 1. The summed E-state index contributed by atoms with van der Waals surface area (Å²) in [5.74, 6) is 0.0821. The summed E-state index contributed by atoms with van der Waals surface area (Å²) in [5.41, 5.74) is 2.28. The quantitative estimate of drug-likeness (QED) is 0.815. The normalized spacial score (nSPS) is 13.7. The standard InChI is InChI=1S/C16H14N2O3S/c1-21-16(20)12-6-4-11(5-7-12)9-18-13-3-2-8-17-15(13)22-10-14(18)19/h2-8H,9-10H2,1H3. The fourth-order valence-electron chi connectivity index (χ4n) is 2.26. The molecule has 0 bridgehead atoms. The van der Waals surface area contributed by atoms with Crippen molar-refractivity contribution in [1.29, 1.82) is 0 Å². The van der Waals surface area contributed by atoms with Crippen LogP contribution in [0.2, 0.25) is 0 Å². The Bertz CT molecular complexity index is 716. The summed E-state index contributed by atoms with van der Waals surface area (Å²) in [6.45, 7) is 0.458. The summed E-state index contributed by atoms with van der Waals surface area (Å²) in [5, 5.41) is 0.869. The van der Waals surface area contributed by atoms with Crippen LogP contribution in [0.5, 0.6) is 0 Å². The van der Waals surface area contributed by atoms with Crippen LogP contribution in [0.3, 0.4) is 0 Å². The molecule has 1 aromatic carbocycles. The molecule has 1 aromatic heterocycles. The zero-order chi connectivity index (χ0) is 15.5. The molecule has 2 aromatic rings. The Morgan fingerprint density at radius 1 is 1.32 bits per heavy atom. The molecule has 6 heteroatoms. The number of ether oxygens (including phenoxy) is 1. The van der Waals surface area contributed by atoms with Gasteiger partial charge in [0, 0.05) is 6.20 Å². The highest BCUT2D eigenvalue weighted by atomic mass is 32.2. The van der Waals surface area contributed by atoms with Crippen molar-refractivity contribution < 1.29 is 14.3 Å². The Kier molecular flexibility index (Phi) is 4.11. The van der Waals surface area contributed by atoms with E-state index >= 15 is 0 Å². The zero-order valence-corrected chi connectivity index (χ0v) is 12.8. The van der Waals surface area contributed by atoms with E-state index in [1.165, 1.54) is 18.9 Å². The van der Waals surface area contributed by atoms with Crippen LogP contribution in [0.15, 0.2) is 47.6 Å². The van der Waals surface area contributed by atoms with E-state index in [0.29, 0.717) is 17.9 Å². The van der Waals surface area contributed by atoms with Gasteiger partial charge in [-0.3, -0.25) is 4.79 Å². The number of amides is 1. The number of fused-ring (bicyclic) bond motifs is 1. The third-order valence-corrected chi connectivity index (χ3v) is 4.37. The maximum Gasteiger partial charge on any atom is 0.337 e. The summed E-state index contributed by atoms with van der Waals surface area (Å²) in [4.78, 5) is 29.6. The van der Waals surface area contributed by atoms with Crippen LogP contribution in [0, 0.1) is 0 Å². The first-order chi connectivity index (χ1) is 10.7. The van der Waals surface area contributed by atoms with Crippen molar-refractivity contribution in [3.05, 3.63) is 53.7 Å². The number of hydrogen-bond acceptors (Lipinski definition) is 5. The third kappa shape index (κ3) is 2.82. The number of thioether (sulfide) groups is 1. The van der Waals surface area contributed by atoms with Crippen molar-refractivity contribution >= 4 is 29.3 Å². The second kappa shape index (κ2) is 6.19. The Labute approximate surface area is 132 Å². The Balaban J connectivity index is 1.83. The number of anilines is 1. The fraction of sp³-hybridized carbons (Fsp3) is 0.188. The topological polar surface area (TPSA) is 59.5 Å². The molecule has 3 rings (SSSR count). The van der Waals surface area contributed by atoms with Crippen LogP contribution in [0.1, 0.15) is 15.9 Å². The van der Waals surface area contributed by atoms with Gasteiger partial charge in [-0.05, 0) is 29.8 Å². The lowest BCUT2D eigenvalue weighted by atomic mass is 10.1. The SMILES string of the molecule is COC(=O)c1ccc(CN2C(=O)CSc3ncccc32)cc1. The smallest absolute Gasteiger partial charge is 0.337 e. The van der Waals surface area contributed by atoms with Crippen LogP contribution >= 0.6 is 11.8 Å². The van der Waals surface area contributed by atoms with Crippen molar-refractivity contribution in [3.63, 3.8) is 0 Å². The highest BCUT2D eigenvalue weighted by molar-refractivity contribution is 8.00. The lowest BCUT2D eigenvalue weighted by Gasteiger charge is -2.28. The van der Waals surface area contributed by atoms with E-state index in [2.05, 4.69) is 9.72 Å². The average molecular weight is 314 g/mol. The molecule has 22 heavy (non-hydrogen) atoms. The molecule has 0 N–H and O–H groups in total. The number of pyridine rings is 1. The predicted molar refractivity (Wildman–Crippen MR) is 83.9 cm³/mol. The molecule has 1 aliphatic rings. The molecule has 0 fully saturated rings. The summed E-state index contributed by atoms with van der Waals surface area (Å²) in [6.07, 6.45) is 1.73. The lowest BCUT2D eigenvalue weighted by Crippen LogP contribution is -2.35. The summed E-state index contributed by atoms with van der Waals surface area (Å²) in [6, 6.07) is 10.8. The Morgan fingerprint density at radius 3 is 2.82 bits per heavy atom. The van der Waals surface area contributed by atoms with Gasteiger partial charge in [-0.2, -0.15) is 0 Å². The first-order valence-electron chi connectivity index (χ1n) is 6.74. The number of rotatable bonds is 3. The fourth-order valence-corrected chi connectivity index (χ4v) is 3.14. The van der Waals surface area contributed by atoms with Crippen molar-refractivity contribution in [2.45, 2.75) is 11.6 Å². The largest absolute Gasteiger partial charge is 0.465 e. The number of hydrogen-bond donors (Lipinski definition) is 0. The molecule has 1 amide bonds. The van der Waals surface area contributed by atoms with Gasteiger partial charge < -0.3 is 9.64 Å².